The van der Waals surface area contributed by atoms with Crippen molar-refractivity contribution >= 4 is 11.6 Å². The fourth-order valence-corrected chi connectivity index (χ4v) is 2.40. The molecule has 1 aliphatic carbocycles. The number of rotatable bonds is 6. The molecule has 2 rings (SSSR count). The number of benzene rings is 1. The average molecular weight is 272 g/mol. The lowest BCUT2D eigenvalue weighted by molar-refractivity contribution is 0.0602. The summed E-state index contributed by atoms with van der Waals surface area (Å²) in [6.45, 7) is 1.95. The van der Waals surface area contributed by atoms with Crippen molar-refractivity contribution in [2.24, 2.45) is 0 Å². The fraction of sp³-hybridized carbons (Fsp3) is 0.571. The number of nitrogens with one attached hydrogen (secondary N) is 1. The van der Waals surface area contributed by atoms with E-state index in [2.05, 4.69) is 5.32 Å². The molecule has 1 N–H and O–H groups in total. The maximum Gasteiger partial charge on any atom is 0.129 e. The number of ether oxygens (including phenoxy) is 1. The van der Waals surface area contributed by atoms with Gasteiger partial charge >= 0.3 is 0 Å². The van der Waals surface area contributed by atoms with Crippen molar-refractivity contribution in [1.29, 1.82) is 0 Å². The molecule has 0 radical (unpaired) electrons. The molecule has 0 spiro atoms. The third-order valence-electron chi connectivity index (χ3n) is 3.27. The van der Waals surface area contributed by atoms with E-state index < -0.39 is 0 Å². The van der Waals surface area contributed by atoms with Crippen LogP contribution in [0.4, 0.5) is 4.39 Å². The van der Waals surface area contributed by atoms with Crippen molar-refractivity contribution in [3.05, 3.63) is 34.6 Å². The van der Waals surface area contributed by atoms with Crippen LogP contribution >= 0.6 is 11.6 Å². The Morgan fingerprint density at radius 1 is 1.33 bits per heavy atom. The minimum absolute atomic E-state index is 0.258. The molecule has 0 bridgehead atoms. The van der Waals surface area contributed by atoms with E-state index in [1.807, 2.05) is 0 Å². The van der Waals surface area contributed by atoms with Crippen molar-refractivity contribution in [2.45, 2.75) is 38.3 Å². The topological polar surface area (TPSA) is 21.3 Å². The monoisotopic (exact) mass is 271 g/mol. The first-order valence-corrected chi connectivity index (χ1v) is 6.90. The van der Waals surface area contributed by atoms with E-state index in [0.717, 1.165) is 6.54 Å². The van der Waals surface area contributed by atoms with Crippen LogP contribution in [0, 0.1) is 5.82 Å². The minimum atomic E-state index is -0.258. The maximum absolute atomic E-state index is 13.4. The van der Waals surface area contributed by atoms with Crippen LogP contribution in [-0.2, 0) is 11.3 Å². The molecule has 1 aromatic rings. The molecule has 0 aliphatic heterocycles. The second-order valence-corrected chi connectivity index (χ2v) is 5.13. The molecule has 18 heavy (non-hydrogen) atoms. The molecular formula is C14H19ClFNO. The largest absolute Gasteiger partial charge is 0.377 e. The highest BCUT2D eigenvalue weighted by atomic mass is 35.5. The van der Waals surface area contributed by atoms with Crippen LogP contribution in [0.25, 0.3) is 0 Å². The molecule has 0 amide bonds. The third kappa shape index (κ3) is 4.23. The van der Waals surface area contributed by atoms with E-state index in [9.17, 15) is 4.39 Å². The van der Waals surface area contributed by atoms with E-state index in [1.54, 1.807) is 12.1 Å². The van der Waals surface area contributed by atoms with Gasteiger partial charge in [0, 0.05) is 23.7 Å². The van der Waals surface area contributed by atoms with Crippen LogP contribution in [0.2, 0.25) is 5.02 Å². The minimum Gasteiger partial charge on any atom is -0.377 e. The lowest BCUT2D eigenvalue weighted by atomic mass is 10.2. The number of hydrogen-bond acceptors (Lipinski definition) is 2. The van der Waals surface area contributed by atoms with Crippen LogP contribution in [0.15, 0.2) is 18.2 Å². The van der Waals surface area contributed by atoms with Gasteiger partial charge in [-0.2, -0.15) is 0 Å². The highest BCUT2D eigenvalue weighted by molar-refractivity contribution is 6.30. The molecule has 1 aliphatic rings. The Hall–Kier alpha value is -0.640. The van der Waals surface area contributed by atoms with E-state index >= 15 is 0 Å². The molecular weight excluding hydrogens is 253 g/mol. The highest BCUT2D eigenvalue weighted by Gasteiger charge is 2.14. The van der Waals surface area contributed by atoms with E-state index in [0.29, 0.717) is 29.8 Å². The van der Waals surface area contributed by atoms with Crippen LogP contribution < -0.4 is 5.32 Å². The predicted octanol–water partition coefficient (Wildman–Crippen LogP) is 3.53. The van der Waals surface area contributed by atoms with Crippen LogP contribution in [0.3, 0.4) is 0 Å². The summed E-state index contributed by atoms with van der Waals surface area (Å²) in [4.78, 5) is 0. The Labute approximate surface area is 112 Å². The van der Waals surface area contributed by atoms with Crippen molar-refractivity contribution in [1.82, 2.24) is 5.32 Å². The zero-order valence-corrected chi connectivity index (χ0v) is 11.2. The summed E-state index contributed by atoms with van der Waals surface area (Å²) in [6, 6.07) is 4.76. The first-order chi connectivity index (χ1) is 8.75. The molecule has 100 valence electrons. The SMILES string of the molecule is Fc1cc(Cl)ccc1CNCCOC1CCCC1. The van der Waals surface area contributed by atoms with Crippen molar-refractivity contribution in [2.75, 3.05) is 13.2 Å². The highest BCUT2D eigenvalue weighted by Crippen LogP contribution is 2.20. The van der Waals surface area contributed by atoms with Gasteiger partial charge in [-0.1, -0.05) is 30.5 Å². The second-order valence-electron chi connectivity index (χ2n) is 4.69. The zero-order chi connectivity index (χ0) is 12.8. The summed E-state index contributed by atoms with van der Waals surface area (Å²) >= 11 is 5.69. The molecule has 0 aromatic heterocycles. The summed E-state index contributed by atoms with van der Waals surface area (Å²) in [5.41, 5.74) is 0.639. The standard InChI is InChI=1S/C14H19ClFNO/c15-12-6-5-11(14(16)9-12)10-17-7-8-18-13-3-1-2-4-13/h5-6,9,13,17H,1-4,7-8,10H2. The van der Waals surface area contributed by atoms with Gasteiger partial charge in [-0.25, -0.2) is 4.39 Å². The first kappa shape index (κ1) is 13.8. The molecule has 4 heteroatoms. The van der Waals surface area contributed by atoms with Gasteiger partial charge in [-0.3, -0.25) is 0 Å². The van der Waals surface area contributed by atoms with Gasteiger partial charge in [0.05, 0.1) is 12.7 Å². The molecule has 1 saturated carbocycles. The summed E-state index contributed by atoms with van der Waals surface area (Å²) in [6.07, 6.45) is 5.39. The van der Waals surface area contributed by atoms with Gasteiger partial charge in [0.1, 0.15) is 5.82 Å². The molecule has 1 fully saturated rings. The zero-order valence-electron chi connectivity index (χ0n) is 10.4. The number of hydrogen-bond donors (Lipinski definition) is 1. The molecule has 0 heterocycles. The van der Waals surface area contributed by atoms with E-state index in [4.69, 9.17) is 16.3 Å². The fourth-order valence-electron chi connectivity index (χ4n) is 2.24. The second kappa shape index (κ2) is 7.07. The van der Waals surface area contributed by atoms with E-state index in [-0.39, 0.29) is 5.82 Å². The maximum atomic E-state index is 13.4. The molecule has 0 unspecified atom stereocenters. The summed E-state index contributed by atoms with van der Waals surface area (Å²) < 4.78 is 19.2. The lowest BCUT2D eigenvalue weighted by Crippen LogP contribution is -2.22. The van der Waals surface area contributed by atoms with Crippen molar-refractivity contribution in [3.63, 3.8) is 0 Å². The van der Waals surface area contributed by atoms with Crippen LogP contribution in [-0.4, -0.2) is 19.3 Å². The van der Waals surface area contributed by atoms with Crippen molar-refractivity contribution < 1.29 is 9.13 Å². The lowest BCUT2D eigenvalue weighted by Gasteiger charge is -2.11. The Morgan fingerprint density at radius 3 is 2.83 bits per heavy atom. The van der Waals surface area contributed by atoms with E-state index in [1.165, 1.54) is 31.7 Å². The molecule has 2 nitrogen and oxygen atoms in total. The Kier molecular flexibility index (Phi) is 5.42. The normalized spacial score (nSPS) is 16.3. The predicted molar refractivity (Wildman–Crippen MR) is 71.3 cm³/mol. The smallest absolute Gasteiger partial charge is 0.129 e. The Bertz CT molecular complexity index is 380. The molecule has 0 saturated heterocycles. The van der Waals surface area contributed by atoms with Crippen LogP contribution in [0.1, 0.15) is 31.2 Å². The quantitative estimate of drug-likeness (QED) is 0.799. The molecule has 1 aromatic carbocycles. The van der Waals surface area contributed by atoms with Crippen molar-refractivity contribution in [3.8, 4) is 0 Å². The average Bonchev–Trinajstić information content (AvgIpc) is 2.84. The summed E-state index contributed by atoms with van der Waals surface area (Å²) in [5.74, 6) is -0.258. The Balaban J connectivity index is 1.62. The van der Waals surface area contributed by atoms with Gasteiger partial charge in [-0.15, -0.1) is 0 Å². The van der Waals surface area contributed by atoms with Gasteiger partial charge in [0.2, 0.25) is 0 Å². The van der Waals surface area contributed by atoms with Gasteiger partial charge in [-0.05, 0) is 25.0 Å². The number of halogens is 2. The van der Waals surface area contributed by atoms with Gasteiger partial charge < -0.3 is 10.1 Å². The first-order valence-electron chi connectivity index (χ1n) is 6.52. The van der Waals surface area contributed by atoms with Gasteiger partial charge in [0.15, 0.2) is 0 Å². The third-order valence-corrected chi connectivity index (χ3v) is 3.50. The van der Waals surface area contributed by atoms with Gasteiger partial charge in [0.25, 0.3) is 0 Å². The summed E-state index contributed by atoms with van der Waals surface area (Å²) in [7, 11) is 0. The van der Waals surface area contributed by atoms with Crippen LogP contribution in [0.5, 0.6) is 0 Å². The molecule has 0 atom stereocenters. The Morgan fingerprint density at radius 2 is 2.11 bits per heavy atom. The summed E-state index contributed by atoms with van der Waals surface area (Å²) in [5, 5.41) is 3.61.